The van der Waals surface area contributed by atoms with Gasteiger partial charge in [-0.25, -0.2) is 8.78 Å². The van der Waals surface area contributed by atoms with Crippen molar-refractivity contribution in [3.05, 3.63) is 0 Å². The summed E-state index contributed by atoms with van der Waals surface area (Å²) < 4.78 is 33.3. The SMILES string of the molecule is CC[C@H](C)CC(F)(F)C(O)CC[C@@H]1[C@@H](CCCCCCC(=O)OC)[C@@H](C)C[C@H]1C. The Balaban J connectivity index is 2.44. The van der Waals surface area contributed by atoms with Crippen LogP contribution in [0.4, 0.5) is 8.78 Å². The molecule has 1 aliphatic rings. The van der Waals surface area contributed by atoms with Crippen molar-refractivity contribution in [2.24, 2.45) is 29.6 Å². The number of rotatable bonds is 14. The number of ether oxygens (including phenoxy) is 1. The van der Waals surface area contributed by atoms with Gasteiger partial charge in [-0.15, -0.1) is 0 Å². The van der Waals surface area contributed by atoms with Crippen molar-refractivity contribution in [1.29, 1.82) is 0 Å². The maximum atomic E-state index is 14.3. The standard InChI is InChI=1S/C24H44F2O3/c1-6-17(2)16-24(25,26)22(27)14-13-21-19(4)15-18(3)20(21)11-9-7-8-10-12-23(28)29-5/h17-22,27H,6-16H2,1-5H3/t17-,18-,19+,20-,21-,22?/m0/s1. The Labute approximate surface area is 177 Å². The summed E-state index contributed by atoms with van der Waals surface area (Å²) >= 11 is 0. The van der Waals surface area contributed by atoms with Crippen LogP contribution in [0.25, 0.3) is 0 Å². The summed E-state index contributed by atoms with van der Waals surface area (Å²) in [5, 5.41) is 10.2. The average molecular weight is 419 g/mol. The minimum absolute atomic E-state index is 0.0722. The smallest absolute Gasteiger partial charge is 0.305 e. The highest BCUT2D eigenvalue weighted by atomic mass is 19.3. The van der Waals surface area contributed by atoms with E-state index in [1.807, 2.05) is 13.8 Å². The quantitative estimate of drug-likeness (QED) is 0.255. The van der Waals surface area contributed by atoms with Gasteiger partial charge in [0.15, 0.2) is 0 Å². The maximum Gasteiger partial charge on any atom is 0.305 e. The lowest BCUT2D eigenvalue weighted by Crippen LogP contribution is -2.36. The van der Waals surface area contributed by atoms with E-state index < -0.39 is 12.0 Å². The van der Waals surface area contributed by atoms with Gasteiger partial charge in [0.2, 0.25) is 0 Å². The van der Waals surface area contributed by atoms with Crippen LogP contribution in [0.15, 0.2) is 0 Å². The lowest BCUT2D eigenvalue weighted by Gasteiger charge is -2.29. The number of aliphatic hydroxyl groups excluding tert-OH is 1. The predicted octanol–water partition coefficient (Wildman–Crippen LogP) is 6.62. The molecule has 0 spiro atoms. The van der Waals surface area contributed by atoms with Crippen molar-refractivity contribution in [3.63, 3.8) is 0 Å². The Hall–Kier alpha value is -0.710. The molecule has 1 aliphatic carbocycles. The highest BCUT2D eigenvalue weighted by Crippen LogP contribution is 2.46. The normalized spacial score (nSPS) is 27.0. The van der Waals surface area contributed by atoms with Gasteiger partial charge in [0, 0.05) is 12.8 Å². The second kappa shape index (κ2) is 12.9. The second-order valence-corrected chi connectivity index (χ2v) is 9.62. The van der Waals surface area contributed by atoms with Crippen LogP contribution in [0.3, 0.4) is 0 Å². The number of hydrogen-bond donors (Lipinski definition) is 1. The van der Waals surface area contributed by atoms with Crippen molar-refractivity contribution in [2.45, 2.75) is 110 Å². The molecule has 172 valence electrons. The molecule has 0 aromatic heterocycles. The zero-order chi connectivity index (χ0) is 22.0. The van der Waals surface area contributed by atoms with Crippen LogP contribution in [-0.2, 0) is 9.53 Å². The monoisotopic (exact) mass is 418 g/mol. The third-order valence-corrected chi connectivity index (χ3v) is 7.23. The van der Waals surface area contributed by atoms with Crippen LogP contribution in [0, 0.1) is 29.6 Å². The van der Waals surface area contributed by atoms with Gasteiger partial charge < -0.3 is 9.84 Å². The van der Waals surface area contributed by atoms with E-state index >= 15 is 0 Å². The summed E-state index contributed by atoms with van der Waals surface area (Å²) in [5.41, 5.74) is 0. The molecule has 1 rings (SSSR count). The molecule has 6 atom stereocenters. The molecule has 0 amide bonds. The number of carbonyl (C=O) groups is 1. The molecule has 1 unspecified atom stereocenters. The van der Waals surface area contributed by atoms with Gasteiger partial charge in [0.1, 0.15) is 6.10 Å². The Bertz CT molecular complexity index is 469. The third-order valence-electron chi connectivity index (χ3n) is 7.23. The van der Waals surface area contributed by atoms with Crippen molar-refractivity contribution in [1.82, 2.24) is 0 Å². The molecule has 0 saturated heterocycles. The number of aliphatic hydroxyl groups is 1. The molecular formula is C24H44F2O3. The summed E-state index contributed by atoms with van der Waals surface area (Å²) in [6, 6.07) is 0. The molecule has 0 aliphatic heterocycles. The predicted molar refractivity (Wildman–Crippen MR) is 114 cm³/mol. The van der Waals surface area contributed by atoms with Gasteiger partial charge in [0.05, 0.1) is 7.11 Å². The first kappa shape index (κ1) is 26.3. The van der Waals surface area contributed by atoms with Crippen molar-refractivity contribution < 1.29 is 23.4 Å². The molecule has 0 bridgehead atoms. The van der Waals surface area contributed by atoms with Crippen LogP contribution in [0.5, 0.6) is 0 Å². The molecule has 1 fully saturated rings. The number of methoxy groups -OCH3 is 1. The van der Waals surface area contributed by atoms with Crippen molar-refractivity contribution in [3.8, 4) is 0 Å². The fraction of sp³-hybridized carbons (Fsp3) is 0.958. The second-order valence-electron chi connectivity index (χ2n) is 9.62. The van der Waals surface area contributed by atoms with E-state index in [9.17, 15) is 18.7 Å². The van der Waals surface area contributed by atoms with Crippen LogP contribution >= 0.6 is 0 Å². The first-order valence-corrected chi connectivity index (χ1v) is 11.7. The summed E-state index contributed by atoms with van der Waals surface area (Å²) in [5.74, 6) is -1.08. The van der Waals surface area contributed by atoms with E-state index in [0.717, 1.165) is 38.5 Å². The van der Waals surface area contributed by atoms with Crippen molar-refractivity contribution >= 4 is 5.97 Å². The summed E-state index contributed by atoms with van der Waals surface area (Å²) in [6.45, 7) is 8.25. The number of carbonyl (C=O) groups excluding carboxylic acids is 1. The van der Waals surface area contributed by atoms with Crippen LogP contribution < -0.4 is 0 Å². The van der Waals surface area contributed by atoms with Crippen LogP contribution in [0.2, 0.25) is 0 Å². The largest absolute Gasteiger partial charge is 0.469 e. The summed E-state index contributed by atoms with van der Waals surface area (Å²) in [7, 11) is 1.42. The van der Waals surface area contributed by atoms with E-state index in [1.165, 1.54) is 7.11 Å². The van der Waals surface area contributed by atoms with Crippen LogP contribution in [-0.4, -0.2) is 30.2 Å². The summed E-state index contributed by atoms with van der Waals surface area (Å²) in [4.78, 5) is 11.2. The average Bonchev–Trinajstić information content (AvgIpc) is 2.94. The zero-order valence-electron chi connectivity index (χ0n) is 19.3. The molecule has 29 heavy (non-hydrogen) atoms. The van der Waals surface area contributed by atoms with Gasteiger partial charge >= 0.3 is 5.97 Å². The maximum absolute atomic E-state index is 14.3. The topological polar surface area (TPSA) is 46.5 Å². The molecule has 1 saturated carbocycles. The Morgan fingerprint density at radius 2 is 1.69 bits per heavy atom. The Morgan fingerprint density at radius 3 is 2.28 bits per heavy atom. The van der Waals surface area contributed by atoms with E-state index in [-0.39, 0.29) is 24.7 Å². The molecule has 3 nitrogen and oxygen atoms in total. The number of halogens is 2. The fourth-order valence-electron chi connectivity index (χ4n) is 5.19. The number of esters is 1. The summed E-state index contributed by atoms with van der Waals surface area (Å²) in [6.07, 6.45) is 6.69. The minimum atomic E-state index is -2.99. The van der Waals surface area contributed by atoms with Gasteiger partial charge in [-0.2, -0.15) is 0 Å². The lowest BCUT2D eigenvalue weighted by atomic mass is 9.80. The van der Waals surface area contributed by atoms with Crippen molar-refractivity contribution in [2.75, 3.05) is 7.11 Å². The highest BCUT2D eigenvalue weighted by molar-refractivity contribution is 5.68. The Morgan fingerprint density at radius 1 is 1.10 bits per heavy atom. The molecule has 0 aromatic carbocycles. The lowest BCUT2D eigenvalue weighted by molar-refractivity contribution is -0.140. The zero-order valence-corrected chi connectivity index (χ0v) is 19.3. The first-order valence-electron chi connectivity index (χ1n) is 11.7. The first-order chi connectivity index (χ1) is 13.6. The number of alkyl halides is 2. The molecule has 5 heteroatoms. The Kier molecular flexibility index (Phi) is 11.7. The van der Waals surface area contributed by atoms with Gasteiger partial charge in [-0.1, -0.05) is 53.4 Å². The van der Waals surface area contributed by atoms with Crippen LogP contribution in [0.1, 0.15) is 98.3 Å². The van der Waals surface area contributed by atoms with E-state index in [4.69, 9.17) is 0 Å². The highest BCUT2D eigenvalue weighted by Gasteiger charge is 2.42. The van der Waals surface area contributed by atoms with Gasteiger partial charge in [-0.05, 0) is 61.7 Å². The fourth-order valence-corrected chi connectivity index (χ4v) is 5.19. The third kappa shape index (κ3) is 8.90. The van der Waals surface area contributed by atoms with E-state index in [0.29, 0.717) is 42.9 Å². The van der Waals surface area contributed by atoms with Gasteiger partial charge in [-0.3, -0.25) is 4.79 Å². The molecule has 0 heterocycles. The minimum Gasteiger partial charge on any atom is -0.469 e. The van der Waals surface area contributed by atoms with Gasteiger partial charge in [0.25, 0.3) is 5.92 Å². The molecule has 1 N–H and O–H groups in total. The van der Waals surface area contributed by atoms with E-state index in [1.54, 1.807) is 0 Å². The molecule has 0 radical (unpaired) electrons. The number of unbranched alkanes of at least 4 members (excludes halogenated alkanes) is 3. The number of hydrogen-bond acceptors (Lipinski definition) is 3. The molecular weight excluding hydrogens is 374 g/mol. The van der Waals surface area contributed by atoms with E-state index in [2.05, 4.69) is 18.6 Å². The molecule has 0 aromatic rings.